The van der Waals surface area contributed by atoms with Gasteiger partial charge < -0.3 is 9.84 Å². The van der Waals surface area contributed by atoms with Gasteiger partial charge in [0.15, 0.2) is 0 Å². The van der Waals surface area contributed by atoms with Crippen molar-refractivity contribution >= 4 is 0 Å². The number of ether oxygens (including phenoxy) is 1. The van der Waals surface area contributed by atoms with Gasteiger partial charge in [0.25, 0.3) is 0 Å². The second-order valence-electron chi connectivity index (χ2n) is 8.48. The molecule has 0 saturated carbocycles. The van der Waals surface area contributed by atoms with E-state index in [1.54, 1.807) is 7.11 Å². The van der Waals surface area contributed by atoms with E-state index < -0.39 is 5.60 Å². The fourth-order valence-electron chi connectivity index (χ4n) is 5.59. The molecule has 1 heterocycles. The Hall–Kier alpha value is -2.62. The number of nitrogens with zero attached hydrogens (tertiary/aromatic N) is 1. The smallest absolute Gasteiger partial charge is 0.124 e. The predicted molar refractivity (Wildman–Crippen MR) is 121 cm³/mol. The highest BCUT2D eigenvalue weighted by atomic mass is 16.5. The third kappa shape index (κ3) is 3.23. The van der Waals surface area contributed by atoms with Crippen molar-refractivity contribution in [2.75, 3.05) is 14.2 Å². The van der Waals surface area contributed by atoms with Gasteiger partial charge in [-0.2, -0.15) is 0 Å². The number of hydrogen-bond donors (Lipinski definition) is 1. The third-order valence-electron chi connectivity index (χ3n) is 7.03. The molecule has 0 aromatic heterocycles. The van der Waals surface area contributed by atoms with Gasteiger partial charge in [-0.25, -0.2) is 0 Å². The Kier molecular flexibility index (Phi) is 5.68. The first kappa shape index (κ1) is 20.6. The van der Waals surface area contributed by atoms with Crippen molar-refractivity contribution in [2.24, 2.45) is 11.8 Å². The Bertz CT molecular complexity index is 919. The molecule has 30 heavy (non-hydrogen) atoms. The van der Waals surface area contributed by atoms with Crippen molar-refractivity contribution in [3.63, 3.8) is 0 Å². The van der Waals surface area contributed by atoms with Crippen LogP contribution in [0.15, 0.2) is 84.9 Å². The van der Waals surface area contributed by atoms with E-state index in [0.29, 0.717) is 0 Å². The molecule has 1 aliphatic rings. The van der Waals surface area contributed by atoms with Crippen molar-refractivity contribution in [2.45, 2.75) is 31.5 Å². The molecule has 0 bridgehead atoms. The molecule has 4 rings (SSSR count). The largest absolute Gasteiger partial charge is 0.496 e. The summed E-state index contributed by atoms with van der Waals surface area (Å²) in [6, 6.07) is 29.1. The highest BCUT2D eigenvalue weighted by Crippen LogP contribution is 2.57. The Balaban J connectivity index is 1.93. The molecule has 0 aliphatic carbocycles. The van der Waals surface area contributed by atoms with E-state index in [2.05, 4.69) is 74.3 Å². The van der Waals surface area contributed by atoms with Crippen LogP contribution in [0.4, 0.5) is 0 Å². The first-order valence-corrected chi connectivity index (χ1v) is 10.7. The van der Waals surface area contributed by atoms with Gasteiger partial charge in [0.1, 0.15) is 11.4 Å². The van der Waals surface area contributed by atoms with Gasteiger partial charge in [-0.3, -0.25) is 4.90 Å². The number of para-hydroxylation sites is 1. The summed E-state index contributed by atoms with van der Waals surface area (Å²) >= 11 is 0. The number of benzene rings is 3. The van der Waals surface area contributed by atoms with Crippen LogP contribution in [0.1, 0.15) is 42.6 Å². The van der Waals surface area contributed by atoms with Crippen LogP contribution in [0.2, 0.25) is 0 Å². The number of aliphatic hydroxyl groups is 1. The Morgan fingerprint density at radius 3 is 1.63 bits per heavy atom. The van der Waals surface area contributed by atoms with Crippen molar-refractivity contribution in [3.05, 3.63) is 102 Å². The minimum atomic E-state index is -1.06. The van der Waals surface area contributed by atoms with E-state index in [1.165, 1.54) is 11.1 Å². The Labute approximate surface area is 179 Å². The van der Waals surface area contributed by atoms with Crippen molar-refractivity contribution in [1.82, 2.24) is 4.90 Å². The zero-order valence-corrected chi connectivity index (χ0v) is 18.2. The first-order chi connectivity index (χ1) is 14.5. The molecule has 0 radical (unpaired) electrons. The minimum absolute atomic E-state index is 0.0452. The fourth-order valence-corrected chi connectivity index (χ4v) is 5.59. The van der Waals surface area contributed by atoms with E-state index in [-0.39, 0.29) is 23.9 Å². The molecular formula is C27H31NO2. The molecule has 1 aliphatic heterocycles. The van der Waals surface area contributed by atoms with Gasteiger partial charge in [0.05, 0.1) is 7.11 Å². The lowest BCUT2D eigenvalue weighted by Crippen LogP contribution is -2.56. The van der Waals surface area contributed by atoms with Crippen LogP contribution in [-0.4, -0.2) is 24.2 Å². The molecular weight excluding hydrogens is 370 g/mol. The fraction of sp³-hybridized carbons (Fsp3) is 0.333. The number of methoxy groups -OCH3 is 1. The van der Waals surface area contributed by atoms with Crippen LogP contribution in [0.5, 0.6) is 5.75 Å². The second-order valence-corrected chi connectivity index (χ2v) is 8.48. The quantitative estimate of drug-likeness (QED) is 0.619. The van der Waals surface area contributed by atoms with E-state index in [1.807, 2.05) is 36.4 Å². The minimum Gasteiger partial charge on any atom is -0.496 e. The molecule has 1 N–H and O–H groups in total. The van der Waals surface area contributed by atoms with Crippen LogP contribution in [0.3, 0.4) is 0 Å². The van der Waals surface area contributed by atoms with Crippen LogP contribution in [0.25, 0.3) is 0 Å². The maximum absolute atomic E-state index is 12.5. The summed E-state index contributed by atoms with van der Waals surface area (Å²) in [6.45, 7) is 4.33. The lowest BCUT2D eigenvalue weighted by atomic mass is 9.62. The normalized spacial score (nSPS) is 29.5. The third-order valence-corrected chi connectivity index (χ3v) is 7.03. The van der Waals surface area contributed by atoms with Crippen molar-refractivity contribution in [1.29, 1.82) is 0 Å². The molecule has 3 aromatic rings. The van der Waals surface area contributed by atoms with Gasteiger partial charge in [0.2, 0.25) is 0 Å². The Morgan fingerprint density at radius 1 is 0.733 bits per heavy atom. The lowest BCUT2D eigenvalue weighted by Gasteiger charge is -2.56. The Morgan fingerprint density at radius 2 is 1.17 bits per heavy atom. The topological polar surface area (TPSA) is 32.7 Å². The zero-order valence-electron chi connectivity index (χ0n) is 18.2. The summed E-state index contributed by atoms with van der Waals surface area (Å²) in [5, 5.41) is 12.5. The lowest BCUT2D eigenvalue weighted by molar-refractivity contribution is -0.162. The standard InChI is InChI=1S/C27H31NO2/c1-19-25(21-13-7-5-8-14-21)28(3)26(22-15-9-6-10-16-22)20(2)27(19,29)23-17-11-12-18-24(23)30-4/h5-20,25-26,29H,1-4H3. The molecule has 0 amide bonds. The number of hydrogen-bond acceptors (Lipinski definition) is 3. The maximum atomic E-state index is 12.5. The molecule has 156 valence electrons. The molecule has 0 spiro atoms. The molecule has 3 nitrogen and oxygen atoms in total. The first-order valence-electron chi connectivity index (χ1n) is 10.7. The molecule has 4 unspecified atom stereocenters. The van der Waals surface area contributed by atoms with Gasteiger partial charge in [-0.05, 0) is 24.2 Å². The molecule has 1 saturated heterocycles. The maximum Gasteiger partial charge on any atom is 0.124 e. The SMILES string of the molecule is COc1ccccc1C1(O)C(C)C(c2ccccc2)N(C)C(c2ccccc2)C1C. The van der Waals surface area contributed by atoms with E-state index in [0.717, 1.165) is 11.3 Å². The van der Waals surface area contributed by atoms with E-state index in [9.17, 15) is 5.11 Å². The van der Waals surface area contributed by atoms with Crippen molar-refractivity contribution < 1.29 is 9.84 Å². The van der Waals surface area contributed by atoms with Gasteiger partial charge in [-0.15, -0.1) is 0 Å². The van der Waals surface area contributed by atoms with E-state index >= 15 is 0 Å². The summed E-state index contributed by atoms with van der Waals surface area (Å²) in [6.07, 6.45) is 0. The van der Waals surface area contributed by atoms with Gasteiger partial charge >= 0.3 is 0 Å². The summed E-state index contributed by atoms with van der Waals surface area (Å²) in [7, 11) is 3.86. The second kappa shape index (κ2) is 8.25. The summed E-state index contributed by atoms with van der Waals surface area (Å²) < 4.78 is 5.70. The molecule has 3 heteroatoms. The number of rotatable bonds is 4. The molecule has 3 aromatic carbocycles. The summed E-state index contributed by atoms with van der Waals surface area (Å²) in [4.78, 5) is 2.43. The zero-order chi connectivity index (χ0) is 21.3. The number of likely N-dealkylation sites (tertiary alicyclic amines) is 1. The van der Waals surface area contributed by atoms with E-state index in [4.69, 9.17) is 4.74 Å². The van der Waals surface area contributed by atoms with Crippen LogP contribution >= 0.6 is 0 Å². The average Bonchev–Trinajstić information content (AvgIpc) is 2.79. The van der Waals surface area contributed by atoms with Crippen LogP contribution in [0, 0.1) is 11.8 Å². The highest BCUT2D eigenvalue weighted by Gasteiger charge is 2.55. The van der Waals surface area contributed by atoms with Gasteiger partial charge in [0, 0.05) is 29.5 Å². The van der Waals surface area contributed by atoms with Gasteiger partial charge in [-0.1, -0.05) is 92.7 Å². The molecule has 4 atom stereocenters. The summed E-state index contributed by atoms with van der Waals surface area (Å²) in [5.74, 6) is 0.647. The van der Waals surface area contributed by atoms with Crippen LogP contribution in [-0.2, 0) is 5.60 Å². The molecule has 1 fully saturated rings. The average molecular weight is 402 g/mol. The predicted octanol–water partition coefficient (Wildman–Crippen LogP) is 5.58. The number of piperidine rings is 1. The van der Waals surface area contributed by atoms with Crippen LogP contribution < -0.4 is 4.74 Å². The summed E-state index contributed by atoms with van der Waals surface area (Å²) in [5.41, 5.74) is 2.24. The van der Waals surface area contributed by atoms with Crippen molar-refractivity contribution in [3.8, 4) is 5.75 Å². The monoisotopic (exact) mass is 401 g/mol. The highest BCUT2D eigenvalue weighted by molar-refractivity contribution is 5.42.